The Hall–Kier alpha value is -4.14. The summed E-state index contributed by atoms with van der Waals surface area (Å²) < 4.78 is 14.8. The lowest BCUT2D eigenvalue weighted by molar-refractivity contribution is -0.117. The average molecular weight is 524 g/mol. The number of aromatic nitrogens is 3. The molecule has 1 saturated heterocycles. The number of halogens is 2. The Morgan fingerprint density at radius 1 is 1.19 bits per heavy atom. The van der Waals surface area contributed by atoms with Crippen LogP contribution in [0.4, 0.5) is 10.2 Å². The van der Waals surface area contributed by atoms with Crippen molar-refractivity contribution in [3.05, 3.63) is 74.9 Å². The van der Waals surface area contributed by atoms with Crippen molar-refractivity contribution < 1.29 is 14.0 Å². The first-order chi connectivity index (χ1) is 17.6. The topological polar surface area (TPSA) is 133 Å². The summed E-state index contributed by atoms with van der Waals surface area (Å²) in [6.45, 7) is 4.47. The van der Waals surface area contributed by atoms with E-state index in [0.29, 0.717) is 18.7 Å². The van der Waals surface area contributed by atoms with Gasteiger partial charge in [0.05, 0.1) is 10.7 Å². The summed E-state index contributed by atoms with van der Waals surface area (Å²) in [5.74, 6) is -1.59. The second-order valence-corrected chi connectivity index (χ2v) is 9.22. The minimum Gasteiger partial charge on any atom is -0.336 e. The van der Waals surface area contributed by atoms with E-state index in [1.165, 1.54) is 36.4 Å². The molecule has 12 heteroatoms. The van der Waals surface area contributed by atoms with Crippen molar-refractivity contribution in [2.75, 3.05) is 18.4 Å². The predicted octanol–water partition coefficient (Wildman–Crippen LogP) is 2.43. The molecule has 0 spiro atoms. The highest BCUT2D eigenvalue weighted by atomic mass is 35.5. The van der Waals surface area contributed by atoms with E-state index in [0.717, 1.165) is 4.68 Å². The third-order valence-electron chi connectivity index (χ3n) is 5.67. The number of amides is 2. The number of rotatable bonds is 5. The van der Waals surface area contributed by atoms with Crippen molar-refractivity contribution in [2.45, 2.75) is 32.5 Å². The van der Waals surface area contributed by atoms with E-state index in [1.807, 2.05) is 19.9 Å². The number of nitrogens with zero attached hydrogens (tertiary/aromatic N) is 5. The first-order valence-corrected chi connectivity index (χ1v) is 11.8. The molecule has 0 radical (unpaired) electrons. The number of piperazine rings is 1. The van der Waals surface area contributed by atoms with Gasteiger partial charge in [-0.1, -0.05) is 17.7 Å². The summed E-state index contributed by atoms with van der Waals surface area (Å²) in [5, 5.41) is 19.4. The largest absolute Gasteiger partial charge is 0.336 e. The molecule has 2 N–H and O–H groups in total. The Bertz CT molecular complexity index is 1460. The molecular formula is C25H23ClFN7O3. The fraction of sp³-hybridized carbons (Fsp3) is 0.280. The number of carbonyl (C=O) groups is 2. The minimum atomic E-state index is -0.653. The van der Waals surface area contributed by atoms with Crippen LogP contribution in [0.5, 0.6) is 0 Å². The Morgan fingerprint density at radius 2 is 1.92 bits per heavy atom. The van der Waals surface area contributed by atoms with E-state index in [-0.39, 0.29) is 45.8 Å². The molecule has 2 atom stereocenters. The molecular weight excluding hydrogens is 501 g/mol. The van der Waals surface area contributed by atoms with Gasteiger partial charge in [-0.3, -0.25) is 14.4 Å². The van der Waals surface area contributed by atoms with Crippen molar-refractivity contribution in [1.82, 2.24) is 25.0 Å². The number of pyridine rings is 1. The van der Waals surface area contributed by atoms with Gasteiger partial charge in [0.1, 0.15) is 29.9 Å². The average Bonchev–Trinajstić information content (AvgIpc) is 2.85. The van der Waals surface area contributed by atoms with Gasteiger partial charge in [0.25, 0.3) is 11.5 Å². The van der Waals surface area contributed by atoms with Crippen LogP contribution >= 0.6 is 11.6 Å². The molecule has 10 nitrogen and oxygen atoms in total. The van der Waals surface area contributed by atoms with E-state index >= 15 is 0 Å². The Labute approximate surface area is 216 Å². The quantitative estimate of drug-likeness (QED) is 0.524. The van der Waals surface area contributed by atoms with Gasteiger partial charge in [0.15, 0.2) is 0 Å². The van der Waals surface area contributed by atoms with Gasteiger partial charge in [0.2, 0.25) is 5.91 Å². The van der Waals surface area contributed by atoms with E-state index in [4.69, 9.17) is 11.6 Å². The van der Waals surface area contributed by atoms with Crippen LogP contribution in [0, 0.1) is 17.1 Å². The number of hydrogen-bond acceptors (Lipinski definition) is 7. The zero-order chi connectivity index (χ0) is 26.7. The van der Waals surface area contributed by atoms with Gasteiger partial charge in [-0.05, 0) is 44.2 Å². The second kappa shape index (κ2) is 10.9. The van der Waals surface area contributed by atoms with Gasteiger partial charge < -0.3 is 15.5 Å². The summed E-state index contributed by atoms with van der Waals surface area (Å²) >= 11 is 5.72. The third kappa shape index (κ3) is 6.17. The number of carbonyl (C=O) groups excluding carboxylic acids is 2. The lowest BCUT2D eigenvalue weighted by Crippen LogP contribution is -2.55. The van der Waals surface area contributed by atoms with Crippen LogP contribution in [-0.4, -0.2) is 56.7 Å². The number of anilines is 1. The molecule has 0 saturated carbocycles. The van der Waals surface area contributed by atoms with Crippen LogP contribution < -0.4 is 16.2 Å². The van der Waals surface area contributed by atoms with Gasteiger partial charge >= 0.3 is 0 Å². The normalized spacial score (nSPS) is 17.2. The van der Waals surface area contributed by atoms with Crippen LogP contribution in [0.25, 0.3) is 11.3 Å². The highest BCUT2D eigenvalue weighted by molar-refractivity contribution is 6.30. The Kier molecular flexibility index (Phi) is 7.61. The van der Waals surface area contributed by atoms with Crippen LogP contribution in [0.2, 0.25) is 5.02 Å². The summed E-state index contributed by atoms with van der Waals surface area (Å²) in [7, 11) is 0. The molecule has 1 aliphatic heterocycles. The highest BCUT2D eigenvalue weighted by Gasteiger charge is 2.26. The van der Waals surface area contributed by atoms with Gasteiger partial charge in [0, 0.05) is 42.4 Å². The SMILES string of the molecule is C[C@@H]1CN(C(=O)c2cc(C#N)nc(NC(=O)Cn3nc(-c4ccc(Cl)c(F)c4)ccc3=O)c2)C[C@H](C)N1. The first-order valence-electron chi connectivity index (χ1n) is 11.4. The maximum atomic E-state index is 13.9. The second-order valence-electron chi connectivity index (χ2n) is 8.81. The zero-order valence-electron chi connectivity index (χ0n) is 20.0. The van der Waals surface area contributed by atoms with Crippen LogP contribution in [-0.2, 0) is 11.3 Å². The highest BCUT2D eigenvalue weighted by Crippen LogP contribution is 2.22. The molecule has 1 fully saturated rings. The molecule has 2 aromatic heterocycles. The van der Waals surface area contributed by atoms with Crippen molar-refractivity contribution in [3.63, 3.8) is 0 Å². The summed E-state index contributed by atoms with van der Waals surface area (Å²) in [6.07, 6.45) is 0. The van der Waals surface area contributed by atoms with Crippen LogP contribution in [0.15, 0.2) is 47.3 Å². The molecule has 4 rings (SSSR count). The Morgan fingerprint density at radius 3 is 2.59 bits per heavy atom. The molecule has 3 aromatic rings. The van der Waals surface area contributed by atoms with Crippen LogP contribution in [0.3, 0.4) is 0 Å². The van der Waals surface area contributed by atoms with Gasteiger partial charge in [-0.25, -0.2) is 14.1 Å². The smallest absolute Gasteiger partial charge is 0.267 e. The van der Waals surface area contributed by atoms with Crippen molar-refractivity contribution in [3.8, 4) is 17.3 Å². The van der Waals surface area contributed by atoms with Gasteiger partial charge in [-0.15, -0.1) is 0 Å². The molecule has 1 aromatic carbocycles. The first kappa shape index (κ1) is 25.9. The summed E-state index contributed by atoms with van der Waals surface area (Å²) in [5.41, 5.74) is 0.258. The van der Waals surface area contributed by atoms with Crippen molar-refractivity contribution >= 4 is 29.2 Å². The molecule has 0 aliphatic carbocycles. The molecule has 2 amide bonds. The van der Waals surface area contributed by atoms with Crippen LogP contribution in [0.1, 0.15) is 29.9 Å². The number of benzene rings is 1. The maximum absolute atomic E-state index is 13.9. The summed E-state index contributed by atoms with van der Waals surface area (Å²) in [4.78, 5) is 43.9. The molecule has 0 bridgehead atoms. The van der Waals surface area contributed by atoms with Crippen molar-refractivity contribution in [2.24, 2.45) is 0 Å². The number of nitriles is 1. The zero-order valence-corrected chi connectivity index (χ0v) is 20.8. The molecule has 0 unspecified atom stereocenters. The standard InChI is InChI=1S/C25H23ClFN7O3/c1-14-11-33(12-15(2)29-14)25(37)17-7-18(10-28)30-22(9-17)31-23(35)13-34-24(36)6-5-21(32-34)16-3-4-19(26)20(27)8-16/h3-9,14-15,29H,11-13H2,1-2H3,(H,30,31,35)/t14-,15+. The van der Waals surface area contributed by atoms with E-state index in [2.05, 4.69) is 20.7 Å². The monoisotopic (exact) mass is 523 g/mol. The Balaban J connectivity index is 1.53. The molecule has 190 valence electrons. The molecule has 1 aliphatic rings. The van der Waals surface area contributed by atoms with Crippen molar-refractivity contribution in [1.29, 1.82) is 5.26 Å². The summed E-state index contributed by atoms with van der Waals surface area (Å²) in [6, 6.07) is 11.6. The predicted molar refractivity (Wildman–Crippen MR) is 134 cm³/mol. The van der Waals surface area contributed by atoms with E-state index in [1.54, 1.807) is 11.0 Å². The lowest BCUT2D eigenvalue weighted by Gasteiger charge is -2.36. The molecule has 3 heterocycles. The third-order valence-corrected chi connectivity index (χ3v) is 5.98. The number of hydrogen-bond donors (Lipinski definition) is 2. The van der Waals surface area contributed by atoms with E-state index < -0.39 is 23.8 Å². The van der Waals surface area contributed by atoms with E-state index in [9.17, 15) is 24.0 Å². The lowest BCUT2D eigenvalue weighted by atomic mass is 10.1. The molecule has 37 heavy (non-hydrogen) atoms. The minimum absolute atomic E-state index is 0.00685. The fourth-order valence-corrected chi connectivity index (χ4v) is 4.26. The number of nitrogens with one attached hydrogen (secondary N) is 2. The fourth-order valence-electron chi connectivity index (χ4n) is 4.14. The van der Waals surface area contributed by atoms with Gasteiger partial charge in [-0.2, -0.15) is 10.4 Å². The maximum Gasteiger partial charge on any atom is 0.267 e.